The second-order valence-electron chi connectivity index (χ2n) is 1.54. The van der Waals surface area contributed by atoms with Crippen LogP contribution in [0.15, 0.2) is 37.5 Å². The first kappa shape index (κ1) is 7.89. The highest BCUT2D eigenvalue weighted by molar-refractivity contribution is 5.90. The van der Waals surface area contributed by atoms with Crippen LogP contribution in [0.3, 0.4) is 0 Å². The van der Waals surface area contributed by atoms with E-state index in [0.717, 1.165) is 0 Å². The lowest BCUT2D eigenvalue weighted by Gasteiger charge is -1.81. The molecular weight excluding hydrogens is 112 g/mol. The maximum absolute atomic E-state index is 10.5. The first-order valence-electron chi connectivity index (χ1n) is 2.74. The lowest BCUT2D eigenvalue weighted by molar-refractivity contribution is -0.113. The summed E-state index contributed by atoms with van der Waals surface area (Å²) in [5.41, 5.74) is 0. The lowest BCUT2D eigenvalue weighted by atomic mass is 10.2. The molecule has 0 radical (unpaired) electrons. The van der Waals surface area contributed by atoms with Crippen LogP contribution in [0.25, 0.3) is 0 Å². The normalized spacial score (nSPS) is 9.33. The van der Waals surface area contributed by atoms with Crippen molar-refractivity contribution in [3.05, 3.63) is 37.5 Å². The summed E-state index contributed by atoms with van der Waals surface area (Å²) in [5.74, 6) is 0.0353. The summed E-state index contributed by atoms with van der Waals surface area (Å²) >= 11 is 0. The number of hydrogen-bond acceptors (Lipinski definition) is 1. The molecule has 1 nitrogen and oxygen atoms in total. The van der Waals surface area contributed by atoms with Gasteiger partial charge < -0.3 is 0 Å². The smallest absolute Gasteiger partial charge is 0.158 e. The van der Waals surface area contributed by atoms with Crippen molar-refractivity contribution >= 4 is 5.78 Å². The van der Waals surface area contributed by atoms with Crippen LogP contribution in [0.4, 0.5) is 0 Å². The van der Waals surface area contributed by atoms with Gasteiger partial charge in [-0.1, -0.05) is 31.4 Å². The molecule has 0 bridgehead atoms. The van der Waals surface area contributed by atoms with Crippen LogP contribution in [0.1, 0.15) is 6.42 Å². The Labute approximate surface area is 55.4 Å². The molecule has 0 amide bonds. The van der Waals surface area contributed by atoms with Crippen molar-refractivity contribution < 1.29 is 4.79 Å². The second kappa shape index (κ2) is 5.04. The maximum Gasteiger partial charge on any atom is 0.158 e. The van der Waals surface area contributed by atoms with E-state index >= 15 is 0 Å². The Kier molecular flexibility index (Phi) is 4.41. The summed E-state index contributed by atoms with van der Waals surface area (Å²) in [6.07, 6.45) is 6.86. The number of carbonyl (C=O) groups is 1. The minimum Gasteiger partial charge on any atom is -0.295 e. The molecule has 0 atom stereocenters. The average Bonchev–Trinajstić information content (AvgIpc) is 1.89. The van der Waals surface area contributed by atoms with E-state index in [0.29, 0.717) is 6.42 Å². The van der Waals surface area contributed by atoms with Gasteiger partial charge in [-0.2, -0.15) is 0 Å². The summed E-state index contributed by atoms with van der Waals surface area (Å²) in [6, 6.07) is 0. The molecule has 0 saturated carbocycles. The number of carbonyl (C=O) groups excluding carboxylic acids is 1. The first-order chi connectivity index (χ1) is 4.31. The van der Waals surface area contributed by atoms with E-state index < -0.39 is 0 Å². The third-order valence-electron chi connectivity index (χ3n) is 0.819. The summed E-state index contributed by atoms with van der Waals surface area (Å²) in [7, 11) is 0. The zero-order valence-electron chi connectivity index (χ0n) is 5.34. The molecule has 0 fully saturated rings. The van der Waals surface area contributed by atoms with E-state index in [1.54, 1.807) is 18.2 Å². The second-order valence-corrected chi connectivity index (χ2v) is 1.54. The van der Waals surface area contributed by atoms with Gasteiger partial charge >= 0.3 is 0 Å². The van der Waals surface area contributed by atoms with Crippen molar-refractivity contribution in [3.8, 4) is 0 Å². The van der Waals surface area contributed by atoms with Crippen molar-refractivity contribution in [1.82, 2.24) is 0 Å². The minimum absolute atomic E-state index is 0.0353. The first-order valence-corrected chi connectivity index (χ1v) is 2.74. The van der Waals surface area contributed by atoms with Crippen LogP contribution in [0, 0.1) is 0 Å². The molecule has 0 aromatic rings. The predicted octanol–water partition coefficient (Wildman–Crippen LogP) is 1.87. The molecule has 0 heterocycles. The Balaban J connectivity index is 3.49. The summed E-state index contributed by atoms with van der Waals surface area (Å²) in [4.78, 5) is 10.5. The third-order valence-corrected chi connectivity index (χ3v) is 0.819. The minimum atomic E-state index is 0.0353. The summed E-state index contributed by atoms with van der Waals surface area (Å²) in [5, 5.41) is 0. The third kappa shape index (κ3) is 4.75. The van der Waals surface area contributed by atoms with Crippen LogP contribution in [-0.4, -0.2) is 5.78 Å². The molecule has 0 N–H and O–H groups in total. The quantitative estimate of drug-likeness (QED) is 0.411. The largest absolute Gasteiger partial charge is 0.295 e. The van der Waals surface area contributed by atoms with Gasteiger partial charge in [0, 0.05) is 6.42 Å². The van der Waals surface area contributed by atoms with Crippen LogP contribution in [0.5, 0.6) is 0 Å². The molecule has 48 valence electrons. The van der Waals surface area contributed by atoms with Crippen LogP contribution in [-0.2, 0) is 4.79 Å². The highest BCUT2D eigenvalue weighted by Gasteiger charge is 1.86. The molecule has 0 aromatic carbocycles. The Morgan fingerprint density at radius 3 is 2.56 bits per heavy atom. The van der Waals surface area contributed by atoms with Gasteiger partial charge in [0.25, 0.3) is 0 Å². The molecule has 9 heavy (non-hydrogen) atoms. The van der Waals surface area contributed by atoms with E-state index in [9.17, 15) is 4.79 Å². The molecule has 0 unspecified atom stereocenters. The molecule has 0 aliphatic heterocycles. The van der Waals surface area contributed by atoms with Gasteiger partial charge in [0.05, 0.1) is 0 Å². The van der Waals surface area contributed by atoms with Gasteiger partial charge in [-0.15, -0.1) is 0 Å². The monoisotopic (exact) mass is 122 g/mol. The molecule has 0 spiro atoms. The fraction of sp³-hybridized carbons (Fsp3) is 0.125. The van der Waals surface area contributed by atoms with Crippen molar-refractivity contribution in [3.63, 3.8) is 0 Å². The van der Waals surface area contributed by atoms with Crippen LogP contribution < -0.4 is 0 Å². The molecule has 0 aliphatic carbocycles. The molecule has 0 rings (SSSR count). The lowest BCUT2D eigenvalue weighted by Crippen LogP contribution is -1.85. The summed E-state index contributed by atoms with van der Waals surface area (Å²) < 4.78 is 0. The predicted molar refractivity (Wildman–Crippen MR) is 39.2 cm³/mol. The van der Waals surface area contributed by atoms with Crippen molar-refractivity contribution in [2.24, 2.45) is 0 Å². The fourth-order valence-corrected chi connectivity index (χ4v) is 0.364. The van der Waals surface area contributed by atoms with Gasteiger partial charge in [0.1, 0.15) is 0 Å². The molecule has 0 aliphatic rings. The Hall–Kier alpha value is -1.11. The SMILES string of the molecule is C=CC=CCC(=O)C=C. The Morgan fingerprint density at radius 1 is 1.44 bits per heavy atom. The number of hydrogen-bond donors (Lipinski definition) is 0. The summed E-state index contributed by atoms with van der Waals surface area (Å²) in [6.45, 7) is 6.79. The van der Waals surface area contributed by atoms with Gasteiger partial charge in [-0.05, 0) is 6.08 Å². The van der Waals surface area contributed by atoms with Crippen molar-refractivity contribution in [1.29, 1.82) is 0 Å². The Morgan fingerprint density at radius 2 is 2.11 bits per heavy atom. The standard InChI is InChI=1S/C8H10O/c1-3-5-6-7-8(9)4-2/h3-6H,1-2,7H2. The number of allylic oxidation sites excluding steroid dienone is 4. The van der Waals surface area contributed by atoms with E-state index in [2.05, 4.69) is 13.2 Å². The maximum atomic E-state index is 10.5. The van der Waals surface area contributed by atoms with Gasteiger partial charge in [-0.3, -0.25) is 4.79 Å². The number of ketones is 1. The number of rotatable bonds is 4. The Bertz CT molecular complexity index is 143. The van der Waals surface area contributed by atoms with E-state index in [-0.39, 0.29) is 5.78 Å². The molecular formula is C8H10O. The molecule has 1 heteroatoms. The highest BCUT2D eigenvalue weighted by Crippen LogP contribution is 1.85. The highest BCUT2D eigenvalue weighted by atomic mass is 16.1. The zero-order chi connectivity index (χ0) is 7.11. The molecule has 0 saturated heterocycles. The van der Waals surface area contributed by atoms with Crippen molar-refractivity contribution in [2.75, 3.05) is 0 Å². The topological polar surface area (TPSA) is 17.1 Å². The fourth-order valence-electron chi connectivity index (χ4n) is 0.364. The van der Waals surface area contributed by atoms with E-state index in [1.807, 2.05) is 0 Å². The zero-order valence-corrected chi connectivity index (χ0v) is 5.34. The van der Waals surface area contributed by atoms with Gasteiger partial charge in [0.2, 0.25) is 0 Å². The van der Waals surface area contributed by atoms with Gasteiger partial charge in [-0.25, -0.2) is 0 Å². The van der Waals surface area contributed by atoms with Gasteiger partial charge in [0.15, 0.2) is 5.78 Å². The van der Waals surface area contributed by atoms with Crippen LogP contribution in [0.2, 0.25) is 0 Å². The van der Waals surface area contributed by atoms with E-state index in [4.69, 9.17) is 0 Å². The average molecular weight is 122 g/mol. The van der Waals surface area contributed by atoms with Crippen molar-refractivity contribution in [2.45, 2.75) is 6.42 Å². The van der Waals surface area contributed by atoms with E-state index in [1.165, 1.54) is 6.08 Å². The molecule has 0 aromatic heterocycles. The van der Waals surface area contributed by atoms with Crippen LogP contribution >= 0.6 is 0 Å².